The third kappa shape index (κ3) is 6.61. The van der Waals surface area contributed by atoms with Crippen molar-refractivity contribution in [2.45, 2.75) is 45.9 Å². The van der Waals surface area contributed by atoms with Crippen LogP contribution in [0.4, 0.5) is 0 Å². The van der Waals surface area contributed by atoms with Crippen LogP contribution < -0.4 is 9.47 Å². The molecule has 1 atom stereocenters. The van der Waals surface area contributed by atoms with E-state index < -0.39 is 0 Å². The van der Waals surface area contributed by atoms with Gasteiger partial charge in [-0.15, -0.1) is 0 Å². The second-order valence-corrected chi connectivity index (χ2v) is 7.74. The van der Waals surface area contributed by atoms with Crippen molar-refractivity contribution in [2.75, 3.05) is 7.05 Å². The monoisotopic (exact) mass is 417 g/mol. The number of carbonyl (C=O) groups excluding carboxylic acids is 1. The van der Waals surface area contributed by atoms with Crippen LogP contribution in [-0.2, 0) is 24.4 Å². The molecular formula is C27H31NO3. The standard InChI is InChI=1S/C27H31NO3/c1-4-27(29)28(3)21(2)17-24-15-16-25(30-19-22-11-7-5-8-12-22)26(18-24)31-20-23-13-9-6-10-14-23/h5-16,18,21H,4,17,19-20H2,1-3H3. The van der Waals surface area contributed by atoms with Crippen LogP contribution in [0.2, 0.25) is 0 Å². The minimum atomic E-state index is 0.102. The summed E-state index contributed by atoms with van der Waals surface area (Å²) in [5.41, 5.74) is 3.32. The fourth-order valence-electron chi connectivity index (χ4n) is 3.36. The summed E-state index contributed by atoms with van der Waals surface area (Å²) in [5.74, 6) is 1.58. The Balaban J connectivity index is 1.76. The maximum Gasteiger partial charge on any atom is 0.222 e. The van der Waals surface area contributed by atoms with Crippen LogP contribution in [0.5, 0.6) is 11.5 Å². The zero-order valence-electron chi connectivity index (χ0n) is 18.6. The molecule has 31 heavy (non-hydrogen) atoms. The molecule has 1 amide bonds. The van der Waals surface area contributed by atoms with Crippen molar-refractivity contribution in [3.63, 3.8) is 0 Å². The third-order valence-electron chi connectivity index (χ3n) is 5.37. The number of benzene rings is 3. The van der Waals surface area contributed by atoms with E-state index in [1.165, 1.54) is 0 Å². The van der Waals surface area contributed by atoms with E-state index in [1.54, 1.807) is 0 Å². The van der Waals surface area contributed by atoms with Gasteiger partial charge < -0.3 is 14.4 Å². The Morgan fingerprint density at radius 1 is 0.806 bits per heavy atom. The van der Waals surface area contributed by atoms with Gasteiger partial charge in [0.1, 0.15) is 13.2 Å². The number of likely N-dealkylation sites (N-methyl/N-ethyl adjacent to an activating group) is 1. The molecule has 3 rings (SSSR count). The Morgan fingerprint density at radius 3 is 1.90 bits per heavy atom. The SMILES string of the molecule is CCC(=O)N(C)C(C)Cc1ccc(OCc2ccccc2)c(OCc2ccccc2)c1. The van der Waals surface area contributed by atoms with E-state index in [9.17, 15) is 4.79 Å². The summed E-state index contributed by atoms with van der Waals surface area (Å²) >= 11 is 0. The number of nitrogens with zero attached hydrogens (tertiary/aromatic N) is 1. The summed E-state index contributed by atoms with van der Waals surface area (Å²) in [4.78, 5) is 13.8. The van der Waals surface area contributed by atoms with Crippen LogP contribution >= 0.6 is 0 Å². The summed E-state index contributed by atoms with van der Waals surface area (Å²) < 4.78 is 12.2. The molecule has 4 nitrogen and oxygen atoms in total. The molecule has 0 N–H and O–H groups in total. The van der Waals surface area contributed by atoms with Crippen molar-refractivity contribution in [1.82, 2.24) is 4.90 Å². The molecule has 0 aromatic heterocycles. The molecular weight excluding hydrogens is 386 g/mol. The molecule has 0 fully saturated rings. The summed E-state index contributed by atoms with van der Waals surface area (Å²) in [6.07, 6.45) is 1.27. The molecule has 3 aromatic rings. The Kier molecular flexibility index (Phi) is 8.11. The molecule has 1 unspecified atom stereocenters. The first-order valence-corrected chi connectivity index (χ1v) is 10.8. The van der Waals surface area contributed by atoms with Gasteiger partial charge in [-0.2, -0.15) is 0 Å². The Morgan fingerprint density at radius 2 is 1.35 bits per heavy atom. The molecule has 3 aromatic carbocycles. The van der Waals surface area contributed by atoms with E-state index in [-0.39, 0.29) is 11.9 Å². The molecule has 162 valence electrons. The fourth-order valence-corrected chi connectivity index (χ4v) is 3.36. The maximum absolute atomic E-state index is 12.0. The van der Waals surface area contributed by atoms with Crippen LogP contribution in [0, 0.1) is 0 Å². The Labute approximate surface area is 185 Å². The smallest absolute Gasteiger partial charge is 0.222 e. The molecule has 0 saturated carbocycles. The van der Waals surface area contributed by atoms with Gasteiger partial charge in [-0.1, -0.05) is 73.7 Å². The lowest BCUT2D eigenvalue weighted by Crippen LogP contribution is -2.35. The molecule has 0 aliphatic rings. The molecule has 0 bridgehead atoms. The molecule has 0 aliphatic heterocycles. The van der Waals surface area contributed by atoms with Crippen molar-refractivity contribution in [3.05, 3.63) is 95.6 Å². The van der Waals surface area contributed by atoms with Gasteiger partial charge in [0, 0.05) is 19.5 Å². The van der Waals surface area contributed by atoms with Gasteiger partial charge in [0.05, 0.1) is 0 Å². The summed E-state index contributed by atoms with van der Waals surface area (Å²) in [6.45, 7) is 4.90. The van der Waals surface area contributed by atoms with Gasteiger partial charge >= 0.3 is 0 Å². The van der Waals surface area contributed by atoms with E-state index in [2.05, 4.69) is 13.0 Å². The topological polar surface area (TPSA) is 38.8 Å². The molecule has 0 saturated heterocycles. The number of ether oxygens (including phenoxy) is 2. The highest BCUT2D eigenvalue weighted by Gasteiger charge is 2.16. The summed E-state index contributed by atoms with van der Waals surface area (Å²) in [6, 6.07) is 26.3. The lowest BCUT2D eigenvalue weighted by Gasteiger charge is -2.25. The first-order valence-electron chi connectivity index (χ1n) is 10.8. The van der Waals surface area contributed by atoms with Crippen LogP contribution in [0.1, 0.15) is 37.0 Å². The fraction of sp³-hybridized carbons (Fsp3) is 0.296. The lowest BCUT2D eigenvalue weighted by molar-refractivity contribution is -0.131. The van der Waals surface area contributed by atoms with Crippen LogP contribution in [-0.4, -0.2) is 23.9 Å². The van der Waals surface area contributed by atoms with E-state index in [0.717, 1.165) is 23.1 Å². The first kappa shape index (κ1) is 22.4. The molecule has 4 heteroatoms. The second kappa shape index (κ2) is 11.2. The highest BCUT2D eigenvalue weighted by molar-refractivity contribution is 5.75. The normalized spacial score (nSPS) is 11.6. The number of amides is 1. The molecule has 0 spiro atoms. The zero-order valence-corrected chi connectivity index (χ0v) is 18.6. The van der Waals surface area contributed by atoms with Crippen LogP contribution in [0.3, 0.4) is 0 Å². The quantitative estimate of drug-likeness (QED) is 0.428. The highest BCUT2D eigenvalue weighted by Crippen LogP contribution is 2.31. The Bertz CT molecular complexity index is 957. The second-order valence-electron chi connectivity index (χ2n) is 7.74. The number of carbonyl (C=O) groups is 1. The van der Waals surface area contributed by atoms with Gasteiger partial charge in [-0.25, -0.2) is 0 Å². The third-order valence-corrected chi connectivity index (χ3v) is 5.37. The predicted octanol–water partition coefficient (Wildman–Crippen LogP) is 5.64. The minimum Gasteiger partial charge on any atom is -0.485 e. The Hall–Kier alpha value is -3.27. The van der Waals surface area contributed by atoms with Gasteiger partial charge in [0.2, 0.25) is 5.91 Å². The molecule has 0 heterocycles. The van der Waals surface area contributed by atoms with Crippen molar-refractivity contribution in [1.29, 1.82) is 0 Å². The lowest BCUT2D eigenvalue weighted by atomic mass is 10.1. The van der Waals surface area contributed by atoms with Gasteiger partial charge in [0.15, 0.2) is 11.5 Å². The maximum atomic E-state index is 12.0. The molecule has 0 radical (unpaired) electrons. The van der Waals surface area contributed by atoms with Crippen LogP contribution in [0.15, 0.2) is 78.9 Å². The van der Waals surface area contributed by atoms with Crippen molar-refractivity contribution in [3.8, 4) is 11.5 Å². The average Bonchev–Trinajstić information content (AvgIpc) is 2.82. The van der Waals surface area contributed by atoms with Gasteiger partial charge in [-0.3, -0.25) is 4.79 Å². The van der Waals surface area contributed by atoms with E-state index in [0.29, 0.717) is 31.1 Å². The predicted molar refractivity (Wildman–Crippen MR) is 124 cm³/mol. The number of hydrogen-bond acceptors (Lipinski definition) is 3. The minimum absolute atomic E-state index is 0.102. The van der Waals surface area contributed by atoms with Crippen molar-refractivity contribution in [2.24, 2.45) is 0 Å². The summed E-state index contributed by atoms with van der Waals surface area (Å²) in [7, 11) is 1.86. The van der Waals surface area contributed by atoms with Crippen molar-refractivity contribution < 1.29 is 14.3 Å². The number of hydrogen-bond donors (Lipinski definition) is 0. The average molecular weight is 418 g/mol. The van der Waals surface area contributed by atoms with E-state index in [1.807, 2.05) is 91.7 Å². The molecule has 0 aliphatic carbocycles. The highest BCUT2D eigenvalue weighted by atomic mass is 16.5. The van der Waals surface area contributed by atoms with Gasteiger partial charge in [-0.05, 0) is 42.2 Å². The zero-order chi connectivity index (χ0) is 22.1. The largest absolute Gasteiger partial charge is 0.485 e. The van der Waals surface area contributed by atoms with E-state index >= 15 is 0 Å². The number of rotatable bonds is 10. The van der Waals surface area contributed by atoms with Gasteiger partial charge in [0.25, 0.3) is 0 Å². The van der Waals surface area contributed by atoms with Crippen molar-refractivity contribution >= 4 is 5.91 Å². The summed E-state index contributed by atoms with van der Waals surface area (Å²) in [5, 5.41) is 0. The van der Waals surface area contributed by atoms with Crippen LogP contribution in [0.25, 0.3) is 0 Å². The van der Waals surface area contributed by atoms with E-state index in [4.69, 9.17) is 9.47 Å². The first-order chi connectivity index (χ1) is 15.1.